The minimum Gasteiger partial charge on any atom is -0.349 e. The fraction of sp³-hybridized carbons (Fsp3) is 0.500. The first-order valence-electron chi connectivity index (χ1n) is 13.4. The van der Waals surface area contributed by atoms with Crippen molar-refractivity contribution in [2.45, 2.75) is 70.4 Å². The van der Waals surface area contributed by atoms with Gasteiger partial charge in [0, 0.05) is 12.2 Å². The van der Waals surface area contributed by atoms with E-state index in [0.29, 0.717) is 5.69 Å². The van der Waals surface area contributed by atoms with Crippen LogP contribution < -0.4 is 21.7 Å². The second-order valence-corrected chi connectivity index (χ2v) is 10.7. The second kappa shape index (κ2) is 11.8. The Morgan fingerprint density at radius 1 is 1.12 bits per heavy atom. The van der Waals surface area contributed by atoms with Gasteiger partial charge in [-0.15, -0.1) is 0 Å². The minimum atomic E-state index is -3.25. The molecule has 5 N–H and O–H groups in total. The highest BCUT2D eigenvalue weighted by molar-refractivity contribution is 6.02. The molecule has 2 aliphatic rings. The molecule has 2 atom stereocenters. The standard InChI is InChI=1S/C28H35F3N6O3/c1-15(2)37-22(10-11-34-37)26(39)36-24(23(17-4-5-17)18-6-7-18)27(40)35-21-9-8-19(12-20(21)29)16(3)25(38)33-14-28(30,31)13-32/h8-12,15-17,24H,4-7,13-14,32H2,1-3H3,(H,33,38)(H,35,40)(H,36,39)/t16-,24-/m0/s1. The maximum Gasteiger partial charge on any atom is 0.277 e. The van der Waals surface area contributed by atoms with Crippen LogP contribution in [-0.4, -0.2) is 52.6 Å². The number of nitrogens with two attached hydrogens (primary N) is 1. The number of anilines is 1. The quantitative estimate of drug-likeness (QED) is 0.295. The third kappa shape index (κ3) is 6.90. The Balaban J connectivity index is 1.50. The van der Waals surface area contributed by atoms with E-state index in [1.54, 1.807) is 10.7 Å². The van der Waals surface area contributed by atoms with Gasteiger partial charge in [-0.05, 0) is 81.7 Å². The number of alkyl halides is 2. The zero-order valence-corrected chi connectivity index (χ0v) is 22.8. The van der Waals surface area contributed by atoms with Crippen molar-refractivity contribution in [1.82, 2.24) is 20.4 Å². The van der Waals surface area contributed by atoms with Crippen LogP contribution in [0.3, 0.4) is 0 Å². The van der Waals surface area contributed by atoms with Gasteiger partial charge in [-0.1, -0.05) is 11.6 Å². The number of hydrogen-bond acceptors (Lipinski definition) is 5. The van der Waals surface area contributed by atoms with Crippen LogP contribution in [0.15, 0.2) is 41.6 Å². The van der Waals surface area contributed by atoms with E-state index >= 15 is 4.39 Å². The van der Waals surface area contributed by atoms with E-state index in [1.165, 1.54) is 25.3 Å². The van der Waals surface area contributed by atoms with E-state index in [0.717, 1.165) is 42.9 Å². The van der Waals surface area contributed by atoms with E-state index < -0.39 is 54.5 Å². The number of rotatable bonds is 12. The van der Waals surface area contributed by atoms with Gasteiger partial charge in [0.1, 0.15) is 17.6 Å². The minimum absolute atomic E-state index is 0.0676. The molecule has 1 aromatic carbocycles. The Morgan fingerprint density at radius 2 is 1.82 bits per heavy atom. The van der Waals surface area contributed by atoms with Gasteiger partial charge in [0.25, 0.3) is 17.7 Å². The third-order valence-electron chi connectivity index (χ3n) is 7.13. The molecule has 12 heteroatoms. The number of aromatic nitrogens is 2. The zero-order chi connectivity index (χ0) is 29.2. The van der Waals surface area contributed by atoms with Crippen LogP contribution in [0.4, 0.5) is 18.9 Å². The zero-order valence-electron chi connectivity index (χ0n) is 22.8. The lowest BCUT2D eigenvalue weighted by Gasteiger charge is -2.23. The van der Waals surface area contributed by atoms with Gasteiger partial charge in [0.2, 0.25) is 5.91 Å². The summed E-state index contributed by atoms with van der Waals surface area (Å²) >= 11 is 0. The predicted molar refractivity (Wildman–Crippen MR) is 143 cm³/mol. The largest absolute Gasteiger partial charge is 0.349 e. The van der Waals surface area contributed by atoms with Crippen molar-refractivity contribution >= 4 is 23.4 Å². The molecule has 0 saturated heterocycles. The van der Waals surface area contributed by atoms with Crippen LogP contribution in [0.1, 0.15) is 74.5 Å². The predicted octanol–water partition coefficient (Wildman–Crippen LogP) is 3.65. The van der Waals surface area contributed by atoms with E-state index in [1.807, 2.05) is 13.8 Å². The van der Waals surface area contributed by atoms with Gasteiger partial charge in [-0.25, -0.2) is 13.2 Å². The number of amides is 3. The lowest BCUT2D eigenvalue weighted by atomic mass is 9.98. The van der Waals surface area contributed by atoms with Crippen molar-refractivity contribution in [3.05, 3.63) is 58.7 Å². The van der Waals surface area contributed by atoms with Gasteiger partial charge < -0.3 is 21.7 Å². The molecule has 0 spiro atoms. The number of nitrogens with one attached hydrogen (secondary N) is 3. The molecule has 2 saturated carbocycles. The topological polar surface area (TPSA) is 131 Å². The SMILES string of the molecule is CC(C)n1nccc1C(=O)N[C@H](C(=O)Nc1ccc([C@H](C)C(=O)NCC(F)(F)CN)cc1F)C(=C1CC1)C1CC1. The lowest BCUT2D eigenvalue weighted by Crippen LogP contribution is -2.46. The molecule has 1 heterocycles. The highest BCUT2D eigenvalue weighted by atomic mass is 19.3. The molecule has 0 aliphatic heterocycles. The average Bonchev–Trinajstić information content (AvgIpc) is 3.86. The fourth-order valence-electron chi connectivity index (χ4n) is 4.57. The van der Waals surface area contributed by atoms with Crippen molar-refractivity contribution < 1.29 is 27.6 Å². The highest BCUT2D eigenvalue weighted by Crippen LogP contribution is 2.46. The summed E-state index contributed by atoms with van der Waals surface area (Å²) in [6.45, 7) is 3.41. The van der Waals surface area contributed by atoms with Crippen molar-refractivity contribution in [1.29, 1.82) is 0 Å². The maximum atomic E-state index is 15.1. The Kier molecular flexibility index (Phi) is 8.67. The normalized spacial score (nSPS) is 16.4. The first kappa shape index (κ1) is 29.3. The molecule has 2 fully saturated rings. The number of nitrogens with zero attached hydrogens (tertiary/aromatic N) is 2. The molecule has 4 rings (SSSR count). The third-order valence-corrected chi connectivity index (χ3v) is 7.13. The number of benzene rings is 1. The summed E-state index contributed by atoms with van der Waals surface area (Å²) < 4.78 is 43.4. The Bertz CT molecular complexity index is 1310. The maximum absolute atomic E-state index is 15.1. The smallest absolute Gasteiger partial charge is 0.277 e. The van der Waals surface area contributed by atoms with Crippen LogP contribution in [0.25, 0.3) is 0 Å². The molecule has 2 aromatic rings. The molecule has 0 bridgehead atoms. The molecule has 2 aliphatic carbocycles. The summed E-state index contributed by atoms with van der Waals surface area (Å²) in [4.78, 5) is 39.1. The number of allylic oxidation sites excluding steroid dienone is 1. The van der Waals surface area contributed by atoms with E-state index in [9.17, 15) is 23.2 Å². The van der Waals surface area contributed by atoms with Crippen LogP contribution in [-0.2, 0) is 9.59 Å². The first-order valence-corrected chi connectivity index (χ1v) is 13.4. The second-order valence-electron chi connectivity index (χ2n) is 10.7. The molecule has 0 radical (unpaired) electrons. The first-order chi connectivity index (χ1) is 18.9. The molecule has 9 nitrogen and oxygen atoms in total. The van der Waals surface area contributed by atoms with Crippen LogP contribution >= 0.6 is 0 Å². The van der Waals surface area contributed by atoms with Crippen molar-refractivity contribution in [3.63, 3.8) is 0 Å². The van der Waals surface area contributed by atoms with Crippen LogP contribution in [0.5, 0.6) is 0 Å². The van der Waals surface area contributed by atoms with Crippen molar-refractivity contribution in [3.8, 4) is 0 Å². The van der Waals surface area contributed by atoms with E-state index in [-0.39, 0.29) is 23.2 Å². The molecule has 0 unspecified atom stereocenters. The summed E-state index contributed by atoms with van der Waals surface area (Å²) in [5.74, 6) is -6.52. The summed E-state index contributed by atoms with van der Waals surface area (Å²) in [7, 11) is 0. The van der Waals surface area contributed by atoms with Crippen molar-refractivity contribution in [2.75, 3.05) is 18.4 Å². The van der Waals surface area contributed by atoms with Crippen LogP contribution in [0, 0.1) is 11.7 Å². The number of carbonyl (C=O) groups excluding carboxylic acids is 3. The summed E-state index contributed by atoms with van der Waals surface area (Å²) in [6.07, 6.45) is 5.07. The van der Waals surface area contributed by atoms with Crippen molar-refractivity contribution in [2.24, 2.45) is 11.7 Å². The monoisotopic (exact) mass is 560 g/mol. The van der Waals surface area contributed by atoms with Gasteiger partial charge in [-0.3, -0.25) is 19.1 Å². The molecular formula is C28H35F3N6O3. The summed E-state index contributed by atoms with van der Waals surface area (Å²) in [5.41, 5.74) is 7.45. The van der Waals surface area contributed by atoms with Gasteiger partial charge in [0.05, 0.1) is 24.7 Å². The summed E-state index contributed by atoms with van der Waals surface area (Å²) in [5, 5.41) is 11.8. The Hall–Kier alpha value is -3.67. The number of halogens is 3. The average molecular weight is 561 g/mol. The molecule has 3 amide bonds. The molecular weight excluding hydrogens is 525 g/mol. The van der Waals surface area contributed by atoms with Gasteiger partial charge in [-0.2, -0.15) is 5.10 Å². The molecule has 1 aromatic heterocycles. The summed E-state index contributed by atoms with van der Waals surface area (Å²) in [6, 6.07) is 4.37. The number of hydrogen-bond donors (Lipinski definition) is 4. The fourth-order valence-corrected chi connectivity index (χ4v) is 4.57. The molecule has 216 valence electrons. The van der Waals surface area contributed by atoms with E-state index in [4.69, 9.17) is 5.73 Å². The van der Waals surface area contributed by atoms with Gasteiger partial charge >= 0.3 is 0 Å². The Morgan fingerprint density at radius 3 is 2.40 bits per heavy atom. The Labute approximate surface area is 230 Å². The molecule has 40 heavy (non-hydrogen) atoms. The van der Waals surface area contributed by atoms with E-state index in [2.05, 4.69) is 21.0 Å². The highest BCUT2D eigenvalue weighted by Gasteiger charge is 2.40. The van der Waals surface area contributed by atoms with Gasteiger partial charge in [0.15, 0.2) is 0 Å². The lowest BCUT2D eigenvalue weighted by molar-refractivity contribution is -0.124. The van der Waals surface area contributed by atoms with Crippen LogP contribution in [0.2, 0.25) is 0 Å². The number of carbonyl (C=O) groups is 3.